The Bertz CT molecular complexity index is 760. The molecule has 0 saturated carbocycles. The maximum absolute atomic E-state index is 11.6. The first-order chi connectivity index (χ1) is 11.5. The summed E-state index contributed by atoms with van der Waals surface area (Å²) in [4.78, 5) is -0.146. The van der Waals surface area contributed by atoms with Crippen LogP contribution in [-0.2, 0) is 10.1 Å². The van der Waals surface area contributed by atoms with E-state index >= 15 is 0 Å². The fraction of sp³-hybridized carbons (Fsp3) is 0.368. The van der Waals surface area contributed by atoms with Crippen LogP contribution in [0.2, 0.25) is 0 Å². The second kappa shape index (κ2) is 10.1. The Balaban J connectivity index is 0.000000648. The maximum Gasteiger partial charge on any atom is 0.298 e. The van der Waals surface area contributed by atoms with Crippen LogP contribution in [0.1, 0.15) is 40.0 Å². The molecule has 0 bridgehead atoms. The number of fused-ring (bicyclic) bond motifs is 1. The van der Waals surface area contributed by atoms with Crippen molar-refractivity contribution >= 4 is 20.9 Å². The van der Waals surface area contributed by atoms with Gasteiger partial charge in [-0.15, -0.1) is 0 Å². The van der Waals surface area contributed by atoms with Gasteiger partial charge in [0.2, 0.25) is 0 Å². The molecule has 0 radical (unpaired) electrons. The number of benzene rings is 2. The van der Waals surface area contributed by atoms with E-state index in [1.807, 2.05) is 32.1 Å². The lowest BCUT2D eigenvalue weighted by Gasteiger charge is -2.12. The van der Waals surface area contributed by atoms with Gasteiger partial charge < -0.3 is 4.74 Å². The van der Waals surface area contributed by atoms with Gasteiger partial charge in [-0.3, -0.25) is 4.55 Å². The van der Waals surface area contributed by atoms with Gasteiger partial charge in [0.1, 0.15) is 10.6 Å². The van der Waals surface area contributed by atoms with E-state index in [-0.39, 0.29) is 10.6 Å². The molecule has 0 unspecified atom stereocenters. The van der Waals surface area contributed by atoms with E-state index < -0.39 is 10.1 Å². The standard InChI is InChI=1S/C15H18O4S.C4H8/c1-2-3-6-11-19-14-10-9-12-7-4-5-8-13(12)15(14)20(16,17)18;1-3-4-2/h4-5,7-10H,2-3,6,11H2,1H3,(H,16,17,18);3-4H,1-2H3. The summed E-state index contributed by atoms with van der Waals surface area (Å²) < 4.78 is 38.3. The molecule has 2 aromatic carbocycles. The smallest absolute Gasteiger partial charge is 0.298 e. The van der Waals surface area contributed by atoms with Crippen LogP contribution in [0.15, 0.2) is 53.4 Å². The van der Waals surface area contributed by atoms with Crippen LogP contribution >= 0.6 is 0 Å². The van der Waals surface area contributed by atoms with Crippen molar-refractivity contribution in [2.45, 2.75) is 44.9 Å². The Morgan fingerprint density at radius 1 is 1.04 bits per heavy atom. The zero-order chi connectivity index (χ0) is 18.0. The van der Waals surface area contributed by atoms with Crippen molar-refractivity contribution in [3.8, 4) is 5.75 Å². The normalized spacial score (nSPS) is 11.3. The molecule has 0 fully saturated rings. The van der Waals surface area contributed by atoms with Crippen molar-refractivity contribution in [3.63, 3.8) is 0 Å². The van der Waals surface area contributed by atoms with E-state index in [4.69, 9.17) is 4.74 Å². The molecule has 0 aromatic heterocycles. The van der Waals surface area contributed by atoms with Crippen LogP contribution in [0.5, 0.6) is 5.75 Å². The molecule has 0 saturated heterocycles. The molecular weight excluding hydrogens is 324 g/mol. The van der Waals surface area contributed by atoms with Gasteiger partial charge in [-0.05, 0) is 31.7 Å². The third-order valence-electron chi connectivity index (χ3n) is 3.44. The molecule has 0 heterocycles. The average Bonchev–Trinajstić information content (AvgIpc) is 2.57. The number of rotatable bonds is 6. The summed E-state index contributed by atoms with van der Waals surface area (Å²) in [5.41, 5.74) is 0. The monoisotopic (exact) mass is 350 g/mol. The Morgan fingerprint density at radius 3 is 2.29 bits per heavy atom. The largest absolute Gasteiger partial charge is 0.492 e. The minimum Gasteiger partial charge on any atom is -0.492 e. The zero-order valence-electron chi connectivity index (χ0n) is 14.5. The molecule has 0 atom stereocenters. The summed E-state index contributed by atoms with van der Waals surface area (Å²) in [5, 5.41) is 1.23. The molecule has 0 aliphatic heterocycles. The maximum atomic E-state index is 11.6. The van der Waals surface area contributed by atoms with Crippen molar-refractivity contribution in [2.75, 3.05) is 6.61 Å². The lowest BCUT2D eigenvalue weighted by molar-refractivity contribution is 0.298. The van der Waals surface area contributed by atoms with E-state index in [9.17, 15) is 13.0 Å². The number of hydrogen-bond acceptors (Lipinski definition) is 3. The van der Waals surface area contributed by atoms with E-state index in [1.54, 1.807) is 30.3 Å². The predicted molar refractivity (Wildman–Crippen MR) is 99.3 cm³/mol. The summed E-state index contributed by atoms with van der Waals surface area (Å²) >= 11 is 0. The molecular formula is C19H26O4S. The van der Waals surface area contributed by atoms with E-state index in [2.05, 4.69) is 6.92 Å². The predicted octanol–water partition coefficient (Wildman–Crippen LogP) is 5.24. The highest BCUT2D eigenvalue weighted by molar-refractivity contribution is 7.86. The molecule has 1 N–H and O–H groups in total. The van der Waals surface area contributed by atoms with Gasteiger partial charge in [-0.2, -0.15) is 8.42 Å². The minimum absolute atomic E-state index is 0.146. The van der Waals surface area contributed by atoms with Crippen LogP contribution in [-0.4, -0.2) is 19.6 Å². The van der Waals surface area contributed by atoms with Gasteiger partial charge in [0.15, 0.2) is 0 Å². The first kappa shape index (κ1) is 20.2. The van der Waals surface area contributed by atoms with E-state index in [1.165, 1.54) is 0 Å². The van der Waals surface area contributed by atoms with Crippen LogP contribution in [0.4, 0.5) is 0 Å². The van der Waals surface area contributed by atoms with Crippen LogP contribution in [0.25, 0.3) is 10.8 Å². The van der Waals surface area contributed by atoms with Crippen molar-refractivity contribution in [3.05, 3.63) is 48.6 Å². The molecule has 2 rings (SSSR count). The third kappa shape index (κ3) is 5.98. The number of ether oxygens (including phenoxy) is 1. The number of unbranched alkanes of at least 4 members (excludes halogenated alkanes) is 2. The molecule has 0 aliphatic rings. The van der Waals surface area contributed by atoms with Gasteiger partial charge in [0, 0.05) is 5.39 Å². The molecule has 4 nitrogen and oxygen atoms in total. The van der Waals surface area contributed by atoms with Crippen molar-refractivity contribution < 1.29 is 17.7 Å². The molecule has 5 heteroatoms. The Morgan fingerprint density at radius 2 is 1.71 bits per heavy atom. The summed E-state index contributed by atoms with van der Waals surface area (Å²) in [6.45, 7) is 6.52. The van der Waals surface area contributed by atoms with Gasteiger partial charge in [-0.25, -0.2) is 0 Å². The van der Waals surface area contributed by atoms with Gasteiger partial charge in [0.25, 0.3) is 10.1 Å². The summed E-state index contributed by atoms with van der Waals surface area (Å²) in [6.07, 6.45) is 6.94. The van der Waals surface area contributed by atoms with Gasteiger partial charge in [-0.1, -0.05) is 62.2 Å². The van der Waals surface area contributed by atoms with Crippen LogP contribution in [0, 0.1) is 0 Å². The molecule has 0 aliphatic carbocycles. The molecule has 2 aromatic rings. The highest BCUT2D eigenvalue weighted by Gasteiger charge is 2.20. The van der Waals surface area contributed by atoms with Gasteiger partial charge in [0.05, 0.1) is 6.61 Å². The highest BCUT2D eigenvalue weighted by Crippen LogP contribution is 2.32. The second-order valence-corrected chi connectivity index (χ2v) is 6.67. The van der Waals surface area contributed by atoms with Crippen LogP contribution < -0.4 is 4.74 Å². The second-order valence-electron chi connectivity index (χ2n) is 5.31. The first-order valence-corrected chi connectivity index (χ1v) is 9.59. The summed E-state index contributed by atoms with van der Waals surface area (Å²) in [6, 6.07) is 10.4. The zero-order valence-corrected chi connectivity index (χ0v) is 15.3. The molecule has 24 heavy (non-hydrogen) atoms. The Kier molecular flexibility index (Phi) is 8.50. The molecule has 132 valence electrons. The molecule has 0 amide bonds. The quantitative estimate of drug-likeness (QED) is 0.440. The molecule has 0 spiro atoms. The highest BCUT2D eigenvalue weighted by atomic mass is 32.2. The van der Waals surface area contributed by atoms with Crippen molar-refractivity contribution in [2.24, 2.45) is 0 Å². The third-order valence-corrected chi connectivity index (χ3v) is 4.38. The number of hydrogen-bond donors (Lipinski definition) is 1. The SMILES string of the molecule is CC=CC.CCCCCOc1ccc2ccccc2c1S(=O)(=O)O. The fourth-order valence-corrected chi connectivity index (χ4v) is 2.98. The first-order valence-electron chi connectivity index (χ1n) is 8.15. The Hall–Kier alpha value is -1.85. The van der Waals surface area contributed by atoms with Crippen molar-refractivity contribution in [1.29, 1.82) is 0 Å². The van der Waals surface area contributed by atoms with Crippen LogP contribution in [0.3, 0.4) is 0 Å². The number of allylic oxidation sites excluding steroid dienone is 2. The average molecular weight is 350 g/mol. The van der Waals surface area contributed by atoms with E-state index in [0.29, 0.717) is 12.0 Å². The minimum atomic E-state index is -4.33. The van der Waals surface area contributed by atoms with Crippen molar-refractivity contribution in [1.82, 2.24) is 0 Å². The Labute approximate surface area is 144 Å². The lowest BCUT2D eigenvalue weighted by Crippen LogP contribution is -2.05. The summed E-state index contributed by atoms with van der Waals surface area (Å²) in [7, 11) is -4.33. The topological polar surface area (TPSA) is 63.6 Å². The summed E-state index contributed by atoms with van der Waals surface area (Å²) in [5.74, 6) is 0.210. The fourth-order valence-electron chi connectivity index (χ4n) is 2.14. The van der Waals surface area contributed by atoms with E-state index in [0.717, 1.165) is 24.6 Å². The lowest BCUT2D eigenvalue weighted by atomic mass is 10.1. The van der Waals surface area contributed by atoms with Gasteiger partial charge >= 0.3 is 0 Å².